The van der Waals surface area contributed by atoms with E-state index in [2.05, 4.69) is 12.2 Å². The van der Waals surface area contributed by atoms with Crippen LogP contribution in [0.15, 0.2) is 42.5 Å². The molecule has 1 saturated heterocycles. The zero-order valence-electron chi connectivity index (χ0n) is 16.8. The van der Waals surface area contributed by atoms with Crippen molar-refractivity contribution in [2.75, 3.05) is 30.5 Å². The second-order valence-electron chi connectivity index (χ2n) is 6.93. The van der Waals surface area contributed by atoms with Gasteiger partial charge in [0.05, 0.1) is 18.7 Å². The highest BCUT2D eigenvalue weighted by atomic mass is 35.5. The third-order valence-electron chi connectivity index (χ3n) is 4.90. The largest absolute Gasteiger partial charge is 0.495 e. The normalized spacial score (nSPS) is 15.8. The first kappa shape index (κ1) is 21.6. The van der Waals surface area contributed by atoms with Crippen LogP contribution in [-0.2, 0) is 25.5 Å². The number of esters is 1. The van der Waals surface area contributed by atoms with E-state index in [9.17, 15) is 14.4 Å². The maximum atomic E-state index is 12.4. The second kappa shape index (κ2) is 9.63. The molecule has 0 aliphatic carbocycles. The highest BCUT2D eigenvalue weighted by Crippen LogP contribution is 2.28. The highest BCUT2D eigenvalue weighted by molar-refractivity contribution is 6.31. The Kier molecular flexibility index (Phi) is 6.95. The maximum Gasteiger partial charge on any atom is 0.311 e. The average molecular weight is 431 g/mol. The lowest BCUT2D eigenvalue weighted by atomic mass is 10.1. The summed E-state index contributed by atoms with van der Waals surface area (Å²) >= 11 is 5.94. The van der Waals surface area contributed by atoms with Gasteiger partial charge in [-0.05, 0) is 42.3 Å². The van der Waals surface area contributed by atoms with Crippen molar-refractivity contribution in [3.8, 4) is 5.75 Å². The number of methoxy groups -OCH3 is 1. The Morgan fingerprint density at radius 3 is 2.60 bits per heavy atom. The molecule has 2 aromatic carbocycles. The first-order chi connectivity index (χ1) is 14.4. The molecular formula is C22H23ClN2O5. The Bertz CT molecular complexity index is 945. The van der Waals surface area contributed by atoms with Crippen LogP contribution in [0.3, 0.4) is 0 Å². The minimum atomic E-state index is -0.614. The van der Waals surface area contributed by atoms with Gasteiger partial charge in [0.15, 0.2) is 6.61 Å². The summed E-state index contributed by atoms with van der Waals surface area (Å²) in [5.41, 5.74) is 2.30. The van der Waals surface area contributed by atoms with Gasteiger partial charge < -0.3 is 19.7 Å². The van der Waals surface area contributed by atoms with E-state index in [1.807, 2.05) is 24.3 Å². The van der Waals surface area contributed by atoms with E-state index in [4.69, 9.17) is 21.1 Å². The fourth-order valence-corrected chi connectivity index (χ4v) is 3.42. The van der Waals surface area contributed by atoms with Gasteiger partial charge in [0, 0.05) is 23.7 Å². The smallest absolute Gasteiger partial charge is 0.311 e. The quantitative estimate of drug-likeness (QED) is 0.680. The fourth-order valence-electron chi connectivity index (χ4n) is 3.25. The van der Waals surface area contributed by atoms with Crippen molar-refractivity contribution in [2.45, 2.75) is 19.8 Å². The first-order valence-electron chi connectivity index (χ1n) is 9.60. The van der Waals surface area contributed by atoms with E-state index in [1.54, 1.807) is 17.0 Å². The predicted octanol–water partition coefficient (Wildman–Crippen LogP) is 3.45. The number of hydrogen-bond acceptors (Lipinski definition) is 5. The number of benzene rings is 2. The molecule has 1 heterocycles. The molecule has 3 rings (SSSR count). The minimum absolute atomic E-state index is 0.0537. The van der Waals surface area contributed by atoms with Crippen molar-refractivity contribution in [2.24, 2.45) is 5.92 Å². The minimum Gasteiger partial charge on any atom is -0.495 e. The molecule has 1 aliphatic rings. The van der Waals surface area contributed by atoms with Gasteiger partial charge in [-0.25, -0.2) is 0 Å². The number of amides is 2. The molecular weight excluding hydrogens is 408 g/mol. The zero-order valence-corrected chi connectivity index (χ0v) is 17.6. The van der Waals surface area contributed by atoms with Crippen LogP contribution in [0, 0.1) is 5.92 Å². The van der Waals surface area contributed by atoms with Gasteiger partial charge in [0.2, 0.25) is 5.91 Å². The highest BCUT2D eigenvalue weighted by Gasteiger charge is 2.36. The molecule has 2 aromatic rings. The molecule has 1 fully saturated rings. The van der Waals surface area contributed by atoms with Crippen LogP contribution < -0.4 is 15.0 Å². The number of carbonyl (C=O) groups is 3. The van der Waals surface area contributed by atoms with E-state index in [0.717, 1.165) is 12.1 Å². The van der Waals surface area contributed by atoms with Crippen LogP contribution in [-0.4, -0.2) is 38.0 Å². The number of ether oxygens (including phenoxy) is 2. The monoisotopic (exact) mass is 430 g/mol. The molecule has 1 N–H and O–H groups in total. The van der Waals surface area contributed by atoms with Gasteiger partial charge in [0.1, 0.15) is 5.75 Å². The van der Waals surface area contributed by atoms with E-state index < -0.39 is 24.4 Å². The van der Waals surface area contributed by atoms with Crippen molar-refractivity contribution in [3.05, 3.63) is 53.1 Å². The lowest BCUT2D eigenvalue weighted by Gasteiger charge is -2.17. The molecule has 0 bridgehead atoms. The Balaban J connectivity index is 1.54. The van der Waals surface area contributed by atoms with Crippen LogP contribution in [0.2, 0.25) is 5.02 Å². The number of aryl methyl sites for hydroxylation is 1. The van der Waals surface area contributed by atoms with E-state index in [0.29, 0.717) is 16.5 Å². The molecule has 1 atom stereocenters. The van der Waals surface area contributed by atoms with Crippen molar-refractivity contribution in [3.63, 3.8) is 0 Å². The van der Waals surface area contributed by atoms with Crippen LogP contribution in [0.4, 0.5) is 11.4 Å². The topological polar surface area (TPSA) is 84.9 Å². The van der Waals surface area contributed by atoms with Crippen LogP contribution in [0.25, 0.3) is 0 Å². The van der Waals surface area contributed by atoms with Crippen LogP contribution >= 0.6 is 11.6 Å². The van der Waals surface area contributed by atoms with Crippen molar-refractivity contribution >= 4 is 40.8 Å². The molecule has 1 aliphatic heterocycles. The molecule has 1 unspecified atom stereocenters. The van der Waals surface area contributed by atoms with Gasteiger partial charge >= 0.3 is 5.97 Å². The van der Waals surface area contributed by atoms with E-state index >= 15 is 0 Å². The Morgan fingerprint density at radius 1 is 1.20 bits per heavy atom. The molecule has 158 valence electrons. The summed E-state index contributed by atoms with van der Waals surface area (Å²) in [5.74, 6) is -1.43. The molecule has 8 heteroatoms. The third-order valence-corrected chi connectivity index (χ3v) is 5.13. The molecule has 0 aromatic heterocycles. The Labute approximate surface area is 179 Å². The standard InChI is InChI=1S/C22H23ClN2O5/c1-3-14-4-7-17(8-5-14)25-12-15(10-21(25)27)22(28)30-13-20(26)24-18-11-16(23)6-9-19(18)29-2/h4-9,11,15H,3,10,12-13H2,1-2H3,(H,24,26). The number of halogens is 1. The summed E-state index contributed by atoms with van der Waals surface area (Å²) in [4.78, 5) is 38.4. The first-order valence-corrected chi connectivity index (χ1v) is 9.98. The summed E-state index contributed by atoms with van der Waals surface area (Å²) in [6.45, 7) is 1.82. The number of rotatable bonds is 7. The Hall–Kier alpha value is -3.06. The third kappa shape index (κ3) is 5.10. The van der Waals surface area contributed by atoms with Gasteiger partial charge in [0.25, 0.3) is 5.91 Å². The summed E-state index contributed by atoms with van der Waals surface area (Å²) in [5, 5.41) is 3.03. The number of nitrogens with zero attached hydrogens (tertiary/aromatic N) is 1. The number of hydrogen-bond donors (Lipinski definition) is 1. The second-order valence-corrected chi connectivity index (χ2v) is 7.36. The Morgan fingerprint density at radius 2 is 1.93 bits per heavy atom. The summed E-state index contributed by atoms with van der Waals surface area (Å²) in [6.07, 6.45) is 0.963. The van der Waals surface area contributed by atoms with Crippen LogP contribution in [0.1, 0.15) is 18.9 Å². The number of nitrogens with one attached hydrogen (secondary N) is 1. The SMILES string of the molecule is CCc1ccc(N2CC(C(=O)OCC(=O)Nc3cc(Cl)ccc3OC)CC2=O)cc1. The van der Waals surface area contributed by atoms with E-state index in [1.165, 1.54) is 18.7 Å². The molecule has 7 nitrogen and oxygen atoms in total. The summed E-state index contributed by atoms with van der Waals surface area (Å²) < 4.78 is 10.3. The maximum absolute atomic E-state index is 12.4. The van der Waals surface area contributed by atoms with Gasteiger partial charge in [-0.3, -0.25) is 14.4 Å². The van der Waals surface area contributed by atoms with Gasteiger partial charge in [-0.15, -0.1) is 0 Å². The van der Waals surface area contributed by atoms with Gasteiger partial charge in [-0.1, -0.05) is 30.7 Å². The molecule has 0 spiro atoms. The number of carbonyl (C=O) groups excluding carboxylic acids is 3. The van der Waals surface area contributed by atoms with Crippen LogP contribution in [0.5, 0.6) is 5.75 Å². The summed E-state index contributed by atoms with van der Waals surface area (Å²) in [7, 11) is 1.47. The molecule has 0 saturated carbocycles. The van der Waals surface area contributed by atoms with Gasteiger partial charge in [-0.2, -0.15) is 0 Å². The predicted molar refractivity (Wildman–Crippen MR) is 114 cm³/mol. The zero-order chi connectivity index (χ0) is 21.7. The fraction of sp³-hybridized carbons (Fsp3) is 0.318. The van der Waals surface area contributed by atoms with E-state index in [-0.39, 0.29) is 18.9 Å². The molecule has 30 heavy (non-hydrogen) atoms. The average Bonchev–Trinajstić information content (AvgIpc) is 3.14. The lowest BCUT2D eigenvalue weighted by molar-refractivity contribution is -0.151. The van der Waals surface area contributed by atoms with Crippen molar-refractivity contribution in [1.29, 1.82) is 0 Å². The lowest BCUT2D eigenvalue weighted by Crippen LogP contribution is -2.28. The van der Waals surface area contributed by atoms with Crippen molar-refractivity contribution in [1.82, 2.24) is 0 Å². The van der Waals surface area contributed by atoms with Crippen molar-refractivity contribution < 1.29 is 23.9 Å². The number of anilines is 2. The molecule has 2 amide bonds. The summed E-state index contributed by atoms with van der Waals surface area (Å²) in [6, 6.07) is 12.5. The molecule has 0 radical (unpaired) electrons.